The summed E-state index contributed by atoms with van der Waals surface area (Å²) in [5.41, 5.74) is 1.24. The monoisotopic (exact) mass is 278 g/mol. The van der Waals surface area contributed by atoms with E-state index in [9.17, 15) is 4.39 Å². The van der Waals surface area contributed by atoms with E-state index in [0.717, 1.165) is 5.56 Å². The molecule has 1 aromatic rings. The molecule has 1 fully saturated rings. The molecule has 1 aliphatic carbocycles. The van der Waals surface area contributed by atoms with Crippen molar-refractivity contribution in [2.45, 2.75) is 43.5 Å². The normalized spacial score (nSPS) is 23.0. The van der Waals surface area contributed by atoms with Gasteiger partial charge in [0.05, 0.1) is 11.6 Å². The second kappa shape index (κ2) is 6.93. The maximum absolute atomic E-state index is 13.3. The highest BCUT2D eigenvalue weighted by Crippen LogP contribution is 2.27. The Morgan fingerprint density at radius 2 is 2.16 bits per heavy atom. The van der Waals surface area contributed by atoms with Gasteiger partial charge in [-0.1, -0.05) is 12.8 Å². The fraction of sp³-hybridized carbons (Fsp3) is 0.533. The fourth-order valence-electron chi connectivity index (χ4n) is 2.68. The van der Waals surface area contributed by atoms with Crippen LogP contribution in [-0.2, 0) is 6.54 Å². The van der Waals surface area contributed by atoms with Crippen molar-refractivity contribution in [2.75, 3.05) is 6.26 Å². The standard InChI is InChI=1S/C15H19FN2S/c1-19-15-5-3-2-4-14(15)18-10-12-6-11(9-17)7-13(16)8-12/h6-8,14-15,18H,2-5,10H2,1H3. The van der Waals surface area contributed by atoms with Gasteiger partial charge in [-0.25, -0.2) is 4.39 Å². The molecule has 102 valence electrons. The Balaban J connectivity index is 1.98. The molecule has 2 nitrogen and oxygen atoms in total. The number of thioether (sulfide) groups is 1. The van der Waals surface area contributed by atoms with Crippen LogP contribution in [0.15, 0.2) is 18.2 Å². The molecular formula is C15H19FN2S. The van der Waals surface area contributed by atoms with Gasteiger partial charge in [0.2, 0.25) is 0 Å². The highest BCUT2D eigenvalue weighted by atomic mass is 32.2. The largest absolute Gasteiger partial charge is 0.309 e. The first-order valence-corrected chi connectivity index (χ1v) is 7.97. The molecule has 1 aromatic carbocycles. The van der Waals surface area contributed by atoms with E-state index in [0.29, 0.717) is 23.4 Å². The molecule has 0 bridgehead atoms. The summed E-state index contributed by atoms with van der Waals surface area (Å²) in [4.78, 5) is 0. The Kier molecular flexibility index (Phi) is 5.24. The van der Waals surface area contributed by atoms with Gasteiger partial charge in [0, 0.05) is 17.8 Å². The minimum atomic E-state index is -0.332. The second-order valence-electron chi connectivity index (χ2n) is 5.01. The first kappa shape index (κ1) is 14.4. The van der Waals surface area contributed by atoms with Crippen LogP contribution in [0.25, 0.3) is 0 Å². The zero-order valence-corrected chi connectivity index (χ0v) is 12.0. The van der Waals surface area contributed by atoms with Crippen LogP contribution >= 0.6 is 11.8 Å². The summed E-state index contributed by atoms with van der Waals surface area (Å²) in [5.74, 6) is -0.332. The highest BCUT2D eigenvalue weighted by molar-refractivity contribution is 7.99. The van der Waals surface area contributed by atoms with Crippen molar-refractivity contribution < 1.29 is 4.39 Å². The Hall–Kier alpha value is -1.05. The Morgan fingerprint density at radius 1 is 1.37 bits per heavy atom. The number of nitrogens with zero attached hydrogens (tertiary/aromatic N) is 1. The lowest BCUT2D eigenvalue weighted by atomic mass is 9.94. The zero-order chi connectivity index (χ0) is 13.7. The van der Waals surface area contributed by atoms with Crippen LogP contribution in [0.3, 0.4) is 0 Å². The molecule has 0 saturated heterocycles. The lowest BCUT2D eigenvalue weighted by molar-refractivity contribution is 0.383. The number of halogens is 1. The van der Waals surface area contributed by atoms with Crippen molar-refractivity contribution in [1.82, 2.24) is 5.32 Å². The molecule has 2 unspecified atom stereocenters. The van der Waals surface area contributed by atoms with Crippen molar-refractivity contribution >= 4 is 11.8 Å². The van der Waals surface area contributed by atoms with Crippen molar-refractivity contribution in [3.8, 4) is 6.07 Å². The van der Waals surface area contributed by atoms with E-state index >= 15 is 0 Å². The van der Waals surface area contributed by atoms with Crippen LogP contribution in [0, 0.1) is 17.1 Å². The molecular weight excluding hydrogens is 259 g/mol. The van der Waals surface area contributed by atoms with Crippen LogP contribution in [0.5, 0.6) is 0 Å². The summed E-state index contributed by atoms with van der Waals surface area (Å²) in [6.07, 6.45) is 7.17. The molecule has 4 heteroatoms. The number of nitrogens with one attached hydrogen (secondary N) is 1. The van der Waals surface area contributed by atoms with Gasteiger partial charge in [-0.05, 0) is 42.9 Å². The van der Waals surface area contributed by atoms with Gasteiger partial charge in [0.1, 0.15) is 5.82 Å². The minimum absolute atomic E-state index is 0.332. The number of rotatable bonds is 4. The first-order chi connectivity index (χ1) is 9.22. The summed E-state index contributed by atoms with van der Waals surface area (Å²) < 4.78 is 13.3. The summed E-state index contributed by atoms with van der Waals surface area (Å²) >= 11 is 1.91. The van der Waals surface area contributed by atoms with E-state index in [4.69, 9.17) is 5.26 Å². The third kappa shape index (κ3) is 3.95. The predicted octanol–water partition coefficient (Wildman–Crippen LogP) is 3.46. The summed E-state index contributed by atoms with van der Waals surface area (Å²) in [6, 6.07) is 7.03. The quantitative estimate of drug-likeness (QED) is 0.916. The van der Waals surface area contributed by atoms with E-state index in [2.05, 4.69) is 11.6 Å². The molecule has 1 saturated carbocycles. The first-order valence-electron chi connectivity index (χ1n) is 6.68. The number of nitriles is 1. The third-order valence-electron chi connectivity index (χ3n) is 3.66. The van der Waals surface area contributed by atoms with Crippen molar-refractivity contribution in [3.05, 3.63) is 35.1 Å². The molecule has 19 heavy (non-hydrogen) atoms. The molecule has 2 rings (SSSR count). The van der Waals surface area contributed by atoms with Crippen LogP contribution in [0.2, 0.25) is 0 Å². The van der Waals surface area contributed by atoms with E-state index in [1.54, 1.807) is 6.07 Å². The Labute approximate surface area is 118 Å². The molecule has 0 aromatic heterocycles. The maximum atomic E-state index is 13.3. The third-order valence-corrected chi connectivity index (χ3v) is 4.83. The topological polar surface area (TPSA) is 35.8 Å². The molecule has 0 heterocycles. The molecule has 0 amide bonds. The van der Waals surface area contributed by atoms with Gasteiger partial charge in [-0.2, -0.15) is 17.0 Å². The van der Waals surface area contributed by atoms with E-state index < -0.39 is 0 Å². The van der Waals surface area contributed by atoms with Gasteiger partial charge < -0.3 is 5.32 Å². The fourth-order valence-corrected chi connectivity index (χ4v) is 3.64. The lowest BCUT2D eigenvalue weighted by Gasteiger charge is -2.31. The zero-order valence-electron chi connectivity index (χ0n) is 11.2. The second-order valence-corrected chi connectivity index (χ2v) is 6.08. The van der Waals surface area contributed by atoms with Gasteiger partial charge >= 0.3 is 0 Å². The average Bonchev–Trinajstić information content (AvgIpc) is 2.44. The van der Waals surface area contributed by atoms with Crippen LogP contribution in [0.1, 0.15) is 36.8 Å². The van der Waals surface area contributed by atoms with Crippen LogP contribution in [0.4, 0.5) is 4.39 Å². The molecule has 0 radical (unpaired) electrons. The van der Waals surface area contributed by atoms with Gasteiger partial charge in [0.25, 0.3) is 0 Å². The number of benzene rings is 1. The number of hydrogen-bond acceptors (Lipinski definition) is 3. The van der Waals surface area contributed by atoms with E-state index in [-0.39, 0.29) is 5.82 Å². The van der Waals surface area contributed by atoms with E-state index in [1.165, 1.54) is 37.8 Å². The van der Waals surface area contributed by atoms with Crippen LogP contribution < -0.4 is 5.32 Å². The van der Waals surface area contributed by atoms with Gasteiger partial charge in [0.15, 0.2) is 0 Å². The van der Waals surface area contributed by atoms with Gasteiger partial charge in [-0.3, -0.25) is 0 Å². The average molecular weight is 278 g/mol. The smallest absolute Gasteiger partial charge is 0.124 e. The summed E-state index contributed by atoms with van der Waals surface area (Å²) in [6.45, 7) is 0.633. The number of hydrogen-bond donors (Lipinski definition) is 1. The van der Waals surface area contributed by atoms with Crippen molar-refractivity contribution in [1.29, 1.82) is 5.26 Å². The van der Waals surface area contributed by atoms with Crippen LogP contribution in [-0.4, -0.2) is 17.5 Å². The minimum Gasteiger partial charge on any atom is -0.309 e. The lowest BCUT2D eigenvalue weighted by Crippen LogP contribution is -2.39. The Morgan fingerprint density at radius 3 is 2.89 bits per heavy atom. The molecule has 1 N–H and O–H groups in total. The van der Waals surface area contributed by atoms with Crippen molar-refractivity contribution in [2.24, 2.45) is 0 Å². The molecule has 0 spiro atoms. The Bertz CT molecular complexity index is 470. The summed E-state index contributed by atoms with van der Waals surface area (Å²) in [7, 11) is 0. The highest BCUT2D eigenvalue weighted by Gasteiger charge is 2.23. The molecule has 1 aliphatic rings. The molecule has 2 atom stereocenters. The molecule has 0 aliphatic heterocycles. The summed E-state index contributed by atoms with van der Waals surface area (Å²) in [5, 5.41) is 13.0. The van der Waals surface area contributed by atoms with Gasteiger partial charge in [-0.15, -0.1) is 0 Å². The van der Waals surface area contributed by atoms with E-state index in [1.807, 2.05) is 17.8 Å². The maximum Gasteiger partial charge on any atom is 0.124 e. The SMILES string of the molecule is CSC1CCCCC1NCc1cc(F)cc(C#N)c1. The van der Waals surface area contributed by atoms with Crippen molar-refractivity contribution in [3.63, 3.8) is 0 Å². The predicted molar refractivity (Wildman–Crippen MR) is 77.5 cm³/mol.